The lowest BCUT2D eigenvalue weighted by Gasteiger charge is -2.31. The largest absolute Gasteiger partial charge is 0.458 e. The zero-order chi connectivity index (χ0) is 27.8. The van der Waals surface area contributed by atoms with Gasteiger partial charge in [0.2, 0.25) is 6.79 Å². The van der Waals surface area contributed by atoms with Gasteiger partial charge in [0.25, 0.3) is 11.5 Å². The highest BCUT2D eigenvalue weighted by atomic mass is 16.7. The maximum Gasteiger partial charge on any atom is 0.343 e. The van der Waals surface area contributed by atoms with E-state index in [0.29, 0.717) is 39.7 Å². The number of cyclic esters (lactones) is 1. The standard InChI is InChI=1S/C29H24N4O7/c1-2-29(37)20-8-22-25-18(11-33(22)27(35)19(20)12-38-28(29)36)17(10-31-26(34)14-3-5-15(30)6-4-14)16-7-23-24(40-13-39-23)9-21(16)32-25/h3-9,37H,2,10-13,30H2,1H3,(H,31,34)/t29-/m0/s1. The highest BCUT2D eigenvalue weighted by molar-refractivity contribution is 5.96. The van der Waals surface area contributed by atoms with Crippen LogP contribution in [0.2, 0.25) is 0 Å². The number of hydrogen-bond acceptors (Lipinski definition) is 9. The minimum Gasteiger partial charge on any atom is -0.458 e. The first-order chi connectivity index (χ1) is 19.3. The fraction of sp³-hybridized carbons (Fsp3) is 0.241. The van der Waals surface area contributed by atoms with Crippen LogP contribution < -0.4 is 26.1 Å². The molecule has 0 bridgehead atoms. The van der Waals surface area contributed by atoms with E-state index in [9.17, 15) is 19.5 Å². The minimum atomic E-state index is -1.93. The number of hydrogen-bond donors (Lipinski definition) is 3. The van der Waals surface area contributed by atoms with Gasteiger partial charge in [-0.25, -0.2) is 9.78 Å². The van der Waals surface area contributed by atoms with Crippen molar-refractivity contribution in [2.45, 2.75) is 38.6 Å². The van der Waals surface area contributed by atoms with Crippen molar-refractivity contribution in [2.75, 3.05) is 12.5 Å². The molecule has 4 aromatic rings. The average molecular weight is 541 g/mol. The maximum atomic E-state index is 13.6. The third kappa shape index (κ3) is 3.40. The lowest BCUT2D eigenvalue weighted by molar-refractivity contribution is -0.172. The summed E-state index contributed by atoms with van der Waals surface area (Å²) >= 11 is 0. The van der Waals surface area contributed by atoms with Crippen LogP contribution in [0.25, 0.3) is 22.3 Å². The number of amides is 1. The maximum absolute atomic E-state index is 13.6. The summed E-state index contributed by atoms with van der Waals surface area (Å²) < 4.78 is 17.9. The second-order valence-electron chi connectivity index (χ2n) is 10.0. The van der Waals surface area contributed by atoms with Crippen LogP contribution in [0.3, 0.4) is 0 Å². The van der Waals surface area contributed by atoms with Gasteiger partial charge in [-0.15, -0.1) is 0 Å². The molecule has 7 rings (SSSR count). The summed E-state index contributed by atoms with van der Waals surface area (Å²) in [7, 11) is 0. The molecule has 0 saturated carbocycles. The molecule has 0 spiro atoms. The number of carbonyl (C=O) groups excluding carboxylic acids is 2. The molecule has 1 amide bonds. The van der Waals surface area contributed by atoms with Crippen LogP contribution in [-0.4, -0.2) is 33.3 Å². The fourth-order valence-electron chi connectivity index (χ4n) is 5.66. The SMILES string of the molecule is CC[C@@]1(O)C(=O)OCc2c1cc1n(c2=O)Cc2c-1nc1cc3c(cc1c2CNC(=O)c1ccc(N)cc1)OCO3. The minimum absolute atomic E-state index is 0.0472. The highest BCUT2D eigenvalue weighted by Crippen LogP contribution is 2.43. The number of pyridine rings is 2. The Bertz CT molecular complexity index is 1830. The van der Waals surface area contributed by atoms with Crippen LogP contribution >= 0.6 is 0 Å². The van der Waals surface area contributed by atoms with Crippen molar-refractivity contribution >= 4 is 28.5 Å². The molecule has 40 heavy (non-hydrogen) atoms. The lowest BCUT2D eigenvalue weighted by atomic mass is 9.86. The predicted octanol–water partition coefficient (Wildman–Crippen LogP) is 2.32. The molecular formula is C29H24N4O7. The van der Waals surface area contributed by atoms with E-state index in [1.807, 2.05) is 6.07 Å². The second-order valence-corrected chi connectivity index (χ2v) is 10.0. The van der Waals surface area contributed by atoms with Gasteiger partial charge < -0.3 is 34.9 Å². The molecule has 3 aliphatic rings. The highest BCUT2D eigenvalue weighted by Gasteiger charge is 2.45. The summed E-state index contributed by atoms with van der Waals surface area (Å²) in [5.41, 5.74) is 8.06. The lowest BCUT2D eigenvalue weighted by Crippen LogP contribution is -2.44. The molecule has 0 radical (unpaired) electrons. The number of aromatic nitrogens is 2. The Kier molecular flexibility index (Phi) is 5.17. The average Bonchev–Trinajstić information content (AvgIpc) is 3.57. The first-order valence-electron chi connectivity index (χ1n) is 12.8. The Morgan fingerprint density at radius 3 is 2.60 bits per heavy atom. The molecule has 2 aromatic carbocycles. The third-order valence-corrected chi connectivity index (χ3v) is 7.90. The van der Waals surface area contributed by atoms with Crippen molar-refractivity contribution in [1.29, 1.82) is 0 Å². The van der Waals surface area contributed by atoms with Crippen molar-refractivity contribution in [1.82, 2.24) is 14.9 Å². The molecule has 4 N–H and O–H groups in total. The van der Waals surface area contributed by atoms with Gasteiger partial charge in [-0.2, -0.15) is 0 Å². The summed E-state index contributed by atoms with van der Waals surface area (Å²) in [4.78, 5) is 44.0. The molecule has 0 saturated heterocycles. The van der Waals surface area contributed by atoms with E-state index >= 15 is 0 Å². The van der Waals surface area contributed by atoms with Gasteiger partial charge in [0, 0.05) is 40.4 Å². The van der Waals surface area contributed by atoms with E-state index in [-0.39, 0.29) is 55.5 Å². The van der Waals surface area contributed by atoms with Gasteiger partial charge in [-0.05, 0) is 48.4 Å². The number of nitrogens with zero attached hydrogens (tertiary/aromatic N) is 2. The summed E-state index contributed by atoms with van der Waals surface area (Å²) in [5, 5.41) is 14.9. The zero-order valence-electron chi connectivity index (χ0n) is 21.4. The Morgan fingerprint density at radius 1 is 1.10 bits per heavy atom. The summed E-state index contributed by atoms with van der Waals surface area (Å²) in [6.45, 7) is 1.87. The quantitative estimate of drug-likeness (QED) is 0.230. The first-order valence-corrected chi connectivity index (χ1v) is 12.8. The Balaban J connectivity index is 1.39. The molecule has 202 valence electrons. The third-order valence-electron chi connectivity index (χ3n) is 7.90. The number of fused-ring (bicyclic) bond motifs is 6. The van der Waals surface area contributed by atoms with E-state index in [4.69, 9.17) is 24.9 Å². The van der Waals surface area contributed by atoms with Gasteiger partial charge in [-0.3, -0.25) is 9.59 Å². The van der Waals surface area contributed by atoms with Crippen molar-refractivity contribution in [3.05, 3.63) is 80.6 Å². The number of benzene rings is 2. The van der Waals surface area contributed by atoms with Gasteiger partial charge in [0.15, 0.2) is 17.1 Å². The molecular weight excluding hydrogens is 516 g/mol. The number of esters is 1. The zero-order valence-corrected chi connectivity index (χ0v) is 21.4. The first kappa shape index (κ1) is 24.2. The number of ether oxygens (including phenoxy) is 3. The summed E-state index contributed by atoms with van der Waals surface area (Å²) in [6.07, 6.45) is 0.0472. The Morgan fingerprint density at radius 2 is 1.85 bits per heavy atom. The van der Waals surface area contributed by atoms with Crippen LogP contribution in [-0.2, 0) is 34.8 Å². The molecule has 11 nitrogen and oxygen atoms in total. The smallest absolute Gasteiger partial charge is 0.343 e. The number of anilines is 1. The molecule has 0 fully saturated rings. The number of aliphatic hydroxyl groups is 1. The van der Waals surface area contributed by atoms with E-state index in [0.717, 1.165) is 16.5 Å². The van der Waals surface area contributed by atoms with Crippen LogP contribution in [0.4, 0.5) is 5.69 Å². The van der Waals surface area contributed by atoms with Crippen LogP contribution in [0.1, 0.15) is 46.0 Å². The summed E-state index contributed by atoms with van der Waals surface area (Å²) in [6, 6.07) is 11.9. The molecule has 11 heteroatoms. The normalized spacial score (nSPS) is 18.2. The van der Waals surface area contributed by atoms with Crippen molar-refractivity contribution in [3.8, 4) is 22.9 Å². The van der Waals surface area contributed by atoms with Crippen LogP contribution in [0.15, 0.2) is 47.3 Å². The molecule has 1 atom stereocenters. The second kappa shape index (κ2) is 8.55. The van der Waals surface area contributed by atoms with Crippen LogP contribution in [0.5, 0.6) is 11.5 Å². The van der Waals surface area contributed by atoms with Crippen LogP contribution in [0, 0.1) is 0 Å². The predicted molar refractivity (Wildman–Crippen MR) is 143 cm³/mol. The van der Waals surface area contributed by atoms with Gasteiger partial charge >= 0.3 is 5.97 Å². The fourth-order valence-corrected chi connectivity index (χ4v) is 5.66. The van der Waals surface area contributed by atoms with E-state index < -0.39 is 11.6 Å². The van der Waals surface area contributed by atoms with E-state index in [1.165, 1.54) is 0 Å². The molecule has 0 unspecified atom stereocenters. The number of nitrogen functional groups attached to an aromatic ring is 1. The van der Waals surface area contributed by atoms with Crippen molar-refractivity contribution < 1.29 is 28.9 Å². The van der Waals surface area contributed by atoms with Gasteiger partial charge in [0.05, 0.1) is 29.0 Å². The number of carbonyl (C=O) groups is 2. The van der Waals surface area contributed by atoms with Crippen molar-refractivity contribution in [2.24, 2.45) is 0 Å². The molecule has 0 aliphatic carbocycles. The van der Waals surface area contributed by atoms with Gasteiger partial charge in [-0.1, -0.05) is 6.92 Å². The monoisotopic (exact) mass is 540 g/mol. The number of rotatable bonds is 4. The molecule has 3 aliphatic heterocycles. The molecule has 2 aromatic heterocycles. The Hall–Kier alpha value is -4.90. The van der Waals surface area contributed by atoms with Crippen molar-refractivity contribution in [3.63, 3.8) is 0 Å². The van der Waals surface area contributed by atoms with E-state index in [2.05, 4.69) is 5.32 Å². The number of nitrogens with one attached hydrogen (secondary N) is 1. The number of nitrogens with two attached hydrogens (primary N) is 1. The topological polar surface area (TPSA) is 155 Å². The van der Waals surface area contributed by atoms with Gasteiger partial charge in [0.1, 0.15) is 6.61 Å². The van der Waals surface area contributed by atoms with E-state index in [1.54, 1.807) is 47.9 Å². The molecule has 5 heterocycles. The Labute approximate surface area is 227 Å². The summed E-state index contributed by atoms with van der Waals surface area (Å²) in [5.74, 6) is 0.0366.